The second kappa shape index (κ2) is 3.91. The molecule has 0 aromatic heterocycles. The van der Waals surface area contributed by atoms with E-state index in [9.17, 15) is 15.0 Å². The Labute approximate surface area is 75.6 Å². The minimum atomic E-state index is -1.29. The van der Waals surface area contributed by atoms with Crippen molar-refractivity contribution in [2.45, 2.75) is 12.5 Å². The molecule has 0 aliphatic carbocycles. The summed E-state index contributed by atoms with van der Waals surface area (Å²) < 4.78 is 0. The second-order valence-electron chi connectivity index (χ2n) is 2.77. The Kier molecular flexibility index (Phi) is 2.87. The van der Waals surface area contributed by atoms with E-state index in [0.717, 1.165) is 5.56 Å². The molecule has 0 aliphatic rings. The van der Waals surface area contributed by atoms with Crippen LogP contribution < -0.4 is 15.9 Å². The Morgan fingerprint density at radius 1 is 1.38 bits per heavy atom. The van der Waals surface area contributed by atoms with Crippen molar-refractivity contribution < 1.29 is 15.0 Å². The first-order valence-electron chi connectivity index (χ1n) is 3.82. The zero-order valence-electron chi connectivity index (χ0n) is 6.90. The number of carbonyl (C=O) groups excluding carboxylic acids is 1. The van der Waals surface area contributed by atoms with E-state index in [0.29, 0.717) is 0 Å². The van der Waals surface area contributed by atoms with Gasteiger partial charge in [-0.05, 0) is 12.0 Å². The standard InChI is InChI=1S/C9H11NO3/c10-8(9(12)13)5-6-1-3-7(11)4-2-6/h1-4,8,11H,5,10H2,(H,12,13)/p-2/t8-/m0/s1. The van der Waals surface area contributed by atoms with E-state index in [-0.39, 0.29) is 12.2 Å². The first-order chi connectivity index (χ1) is 6.09. The number of aliphatic carboxylic acids is 1. The van der Waals surface area contributed by atoms with Crippen molar-refractivity contribution in [1.29, 1.82) is 0 Å². The zero-order valence-corrected chi connectivity index (χ0v) is 6.90. The first kappa shape index (κ1) is 9.54. The van der Waals surface area contributed by atoms with Gasteiger partial charge < -0.3 is 20.7 Å². The van der Waals surface area contributed by atoms with E-state index < -0.39 is 12.0 Å². The summed E-state index contributed by atoms with van der Waals surface area (Å²) in [7, 11) is 0. The molecule has 0 saturated heterocycles. The molecule has 1 rings (SSSR count). The number of hydrogen-bond donors (Lipinski definition) is 1. The molecule has 0 spiro atoms. The topological polar surface area (TPSA) is 89.2 Å². The second-order valence-corrected chi connectivity index (χ2v) is 2.77. The highest BCUT2D eigenvalue weighted by atomic mass is 16.4. The van der Waals surface area contributed by atoms with Gasteiger partial charge in [-0.15, -0.1) is 5.75 Å². The van der Waals surface area contributed by atoms with Crippen molar-refractivity contribution >= 4 is 5.97 Å². The fourth-order valence-corrected chi connectivity index (χ4v) is 0.963. The summed E-state index contributed by atoms with van der Waals surface area (Å²) in [6.45, 7) is 0. The smallest absolute Gasteiger partial charge is 0.0585 e. The number of rotatable bonds is 3. The summed E-state index contributed by atoms with van der Waals surface area (Å²) in [6, 6.07) is 4.85. The molecule has 2 N–H and O–H groups in total. The van der Waals surface area contributed by atoms with E-state index in [2.05, 4.69) is 0 Å². The van der Waals surface area contributed by atoms with Gasteiger partial charge in [0.05, 0.1) is 5.97 Å². The van der Waals surface area contributed by atoms with Gasteiger partial charge in [-0.25, -0.2) is 0 Å². The van der Waals surface area contributed by atoms with Crippen LogP contribution in [0.3, 0.4) is 0 Å². The maximum atomic E-state index is 10.7. The van der Waals surface area contributed by atoms with Crippen molar-refractivity contribution in [3.05, 3.63) is 29.8 Å². The average Bonchev–Trinajstić information content (AvgIpc) is 2.08. The predicted molar refractivity (Wildman–Crippen MR) is 42.6 cm³/mol. The molecule has 4 nitrogen and oxygen atoms in total. The molecular formula is C9H9NO3-2. The fourth-order valence-electron chi connectivity index (χ4n) is 0.963. The molecule has 1 atom stereocenters. The molecular weight excluding hydrogens is 170 g/mol. The summed E-state index contributed by atoms with van der Waals surface area (Å²) in [5, 5.41) is 21.0. The van der Waals surface area contributed by atoms with Gasteiger partial charge in [-0.1, -0.05) is 24.3 Å². The molecule has 0 fully saturated rings. The van der Waals surface area contributed by atoms with Crippen molar-refractivity contribution in [2.75, 3.05) is 0 Å². The number of carbonyl (C=O) groups is 1. The van der Waals surface area contributed by atoms with Gasteiger partial charge in [0, 0.05) is 6.04 Å². The molecule has 70 valence electrons. The molecule has 0 saturated carbocycles. The van der Waals surface area contributed by atoms with Gasteiger partial charge in [0.2, 0.25) is 0 Å². The summed E-state index contributed by atoms with van der Waals surface area (Å²) in [4.78, 5) is 10.3. The van der Waals surface area contributed by atoms with Gasteiger partial charge in [0.15, 0.2) is 0 Å². The highest BCUT2D eigenvalue weighted by molar-refractivity contribution is 5.71. The molecule has 0 unspecified atom stereocenters. The van der Waals surface area contributed by atoms with E-state index >= 15 is 0 Å². The van der Waals surface area contributed by atoms with Crippen LogP contribution in [0.4, 0.5) is 0 Å². The minimum absolute atomic E-state index is 0.106. The van der Waals surface area contributed by atoms with Crippen LogP contribution in [0, 0.1) is 0 Å². The SMILES string of the molecule is N[C@@H](Cc1ccc([O-])cc1)C(=O)[O-]. The third-order valence-corrected chi connectivity index (χ3v) is 1.68. The van der Waals surface area contributed by atoms with Gasteiger partial charge in [-0.2, -0.15) is 0 Å². The van der Waals surface area contributed by atoms with E-state index in [1.807, 2.05) is 0 Å². The maximum absolute atomic E-state index is 10.7. The van der Waals surface area contributed by atoms with Gasteiger partial charge >= 0.3 is 0 Å². The van der Waals surface area contributed by atoms with Crippen LogP contribution in [0.2, 0.25) is 0 Å². The van der Waals surface area contributed by atoms with Crippen LogP contribution in [-0.2, 0) is 11.2 Å². The van der Waals surface area contributed by atoms with Gasteiger partial charge in [0.25, 0.3) is 0 Å². The largest absolute Gasteiger partial charge is 0.872 e. The number of carboxylic acids is 1. The number of benzene rings is 1. The predicted octanol–water partition coefficient (Wildman–Crippen LogP) is -1.62. The van der Waals surface area contributed by atoms with Gasteiger partial charge in [0.1, 0.15) is 0 Å². The summed E-state index contributed by atoms with van der Waals surface area (Å²) >= 11 is 0. The van der Waals surface area contributed by atoms with Crippen LogP contribution in [0.15, 0.2) is 24.3 Å². The number of nitrogens with two attached hydrogens (primary N) is 1. The van der Waals surface area contributed by atoms with E-state index in [1.165, 1.54) is 12.1 Å². The zero-order chi connectivity index (χ0) is 9.84. The Morgan fingerprint density at radius 3 is 2.38 bits per heavy atom. The average molecular weight is 179 g/mol. The highest BCUT2D eigenvalue weighted by Crippen LogP contribution is 2.07. The summed E-state index contributed by atoms with van der Waals surface area (Å²) in [5.41, 5.74) is 5.97. The molecule has 0 heterocycles. The molecule has 0 radical (unpaired) electrons. The quantitative estimate of drug-likeness (QED) is 0.603. The third kappa shape index (κ3) is 2.76. The van der Waals surface area contributed by atoms with Crippen molar-refractivity contribution in [3.63, 3.8) is 0 Å². The van der Waals surface area contributed by atoms with Crippen LogP contribution >= 0.6 is 0 Å². The molecule has 0 aliphatic heterocycles. The first-order valence-corrected chi connectivity index (χ1v) is 3.82. The van der Waals surface area contributed by atoms with Crippen molar-refractivity contribution in [2.24, 2.45) is 5.73 Å². The van der Waals surface area contributed by atoms with Crippen molar-refractivity contribution in [1.82, 2.24) is 0 Å². The van der Waals surface area contributed by atoms with E-state index in [4.69, 9.17) is 5.73 Å². The lowest BCUT2D eigenvalue weighted by Crippen LogP contribution is -2.43. The molecule has 0 amide bonds. The molecule has 1 aromatic carbocycles. The Balaban J connectivity index is 2.64. The maximum Gasteiger partial charge on any atom is 0.0585 e. The monoisotopic (exact) mass is 179 g/mol. The van der Waals surface area contributed by atoms with Gasteiger partial charge in [-0.3, -0.25) is 0 Å². The number of carboxylic acid groups (broad SMARTS) is 1. The molecule has 13 heavy (non-hydrogen) atoms. The Hall–Kier alpha value is -1.55. The summed E-state index contributed by atoms with van der Waals surface area (Å²) in [5.74, 6) is -1.39. The van der Waals surface area contributed by atoms with Crippen LogP contribution in [0.25, 0.3) is 0 Å². The van der Waals surface area contributed by atoms with Crippen LogP contribution in [-0.4, -0.2) is 12.0 Å². The molecule has 0 bridgehead atoms. The van der Waals surface area contributed by atoms with E-state index in [1.54, 1.807) is 12.1 Å². The van der Waals surface area contributed by atoms with Crippen LogP contribution in [0.5, 0.6) is 5.75 Å². The Morgan fingerprint density at radius 2 is 1.92 bits per heavy atom. The molecule has 1 aromatic rings. The molecule has 4 heteroatoms. The lowest BCUT2D eigenvalue weighted by molar-refractivity contribution is -0.307. The van der Waals surface area contributed by atoms with Crippen LogP contribution in [0.1, 0.15) is 5.56 Å². The summed E-state index contributed by atoms with van der Waals surface area (Å²) in [6.07, 6.45) is 0.183. The lowest BCUT2D eigenvalue weighted by Gasteiger charge is -2.13. The fraction of sp³-hybridized carbons (Fsp3) is 0.222. The minimum Gasteiger partial charge on any atom is -0.872 e. The van der Waals surface area contributed by atoms with Crippen molar-refractivity contribution in [3.8, 4) is 5.75 Å². The Bertz CT molecular complexity index is 294. The highest BCUT2D eigenvalue weighted by Gasteiger charge is 2.03. The lowest BCUT2D eigenvalue weighted by atomic mass is 10.1. The third-order valence-electron chi connectivity index (χ3n) is 1.68. The normalized spacial score (nSPS) is 12.4. The number of hydrogen-bond acceptors (Lipinski definition) is 4.